The van der Waals surface area contributed by atoms with Crippen molar-refractivity contribution in [2.75, 3.05) is 0 Å². The van der Waals surface area contributed by atoms with Crippen molar-refractivity contribution in [3.8, 4) is 122 Å². The molecule has 0 nitrogen and oxygen atoms in total. The summed E-state index contributed by atoms with van der Waals surface area (Å²) >= 11 is 0. The molecule has 0 aliphatic heterocycles. The average Bonchev–Trinajstić information content (AvgIpc) is 1.15. The van der Waals surface area contributed by atoms with Gasteiger partial charge in [-0.1, -0.05) is 337 Å². The summed E-state index contributed by atoms with van der Waals surface area (Å²) in [5.74, 6) is 0. The van der Waals surface area contributed by atoms with Crippen LogP contribution in [-0.4, -0.2) is 0 Å². The van der Waals surface area contributed by atoms with Crippen LogP contribution in [0.2, 0.25) is 0 Å². The Morgan fingerprint density at radius 2 is 0.333 bits per heavy atom. The molecule has 478 valence electrons. The average molecular weight is 1300 g/mol. The Labute approximate surface area is 595 Å². The fraction of sp³-hybridized carbons (Fsp3) is 0.0588. The lowest BCUT2D eigenvalue weighted by Crippen LogP contribution is -2.15. The van der Waals surface area contributed by atoms with Gasteiger partial charge in [-0.3, -0.25) is 0 Å². The first-order chi connectivity index (χ1) is 50.1. The highest BCUT2D eigenvalue weighted by Crippen LogP contribution is 2.57. The van der Waals surface area contributed by atoms with Crippen LogP contribution in [0.25, 0.3) is 187 Å². The molecule has 20 rings (SSSR count). The SMILES string of the molecule is CC1(C)c2cc(-c3ccc4c(c3)C(C)(C)c3cc(-c5c6ccccc6c(-c6c7ccccc7c(-c7ccccc7)c7cc(-c8ccccc8)ccc67)c6cc(-c7ccccc7)ccc56)ccc3-4)ccc2-c2ccc(-c3c4ccccc4c(-c4ccccc4)c4cc(-c5ccccc5)ccc34)cc21. The van der Waals surface area contributed by atoms with Crippen LogP contribution in [0.15, 0.2) is 352 Å². The lowest BCUT2D eigenvalue weighted by Gasteiger charge is -2.25. The highest BCUT2D eigenvalue weighted by Gasteiger charge is 2.39. The predicted molar refractivity (Wildman–Crippen MR) is 436 cm³/mol. The first-order valence-electron chi connectivity index (χ1n) is 36.0. The Balaban J connectivity index is 0.701. The van der Waals surface area contributed by atoms with Crippen LogP contribution in [0, 0.1) is 0 Å². The zero-order valence-electron chi connectivity index (χ0n) is 57.5. The zero-order valence-corrected chi connectivity index (χ0v) is 57.5. The van der Waals surface area contributed by atoms with Gasteiger partial charge in [0.15, 0.2) is 0 Å². The van der Waals surface area contributed by atoms with E-state index in [1.807, 2.05) is 0 Å². The van der Waals surface area contributed by atoms with Gasteiger partial charge in [0.1, 0.15) is 0 Å². The van der Waals surface area contributed by atoms with Crippen LogP contribution in [0.3, 0.4) is 0 Å². The Morgan fingerprint density at radius 1 is 0.137 bits per heavy atom. The quantitative estimate of drug-likeness (QED) is 0.126. The van der Waals surface area contributed by atoms with Crippen LogP contribution in [0.5, 0.6) is 0 Å². The molecule has 2 aliphatic carbocycles. The number of rotatable bonds is 9. The Hall–Kier alpha value is -12.5. The van der Waals surface area contributed by atoms with Crippen molar-refractivity contribution in [3.63, 3.8) is 0 Å². The van der Waals surface area contributed by atoms with Gasteiger partial charge in [0, 0.05) is 10.8 Å². The van der Waals surface area contributed by atoms with Crippen molar-refractivity contribution in [2.45, 2.75) is 38.5 Å². The fourth-order valence-electron chi connectivity index (χ4n) is 18.1. The smallest absolute Gasteiger partial charge is 0.0159 e. The molecule has 102 heavy (non-hydrogen) atoms. The molecule has 0 saturated heterocycles. The molecular formula is C102H70. The molecule has 18 aromatic rings. The maximum absolute atomic E-state index is 2.54. The van der Waals surface area contributed by atoms with Gasteiger partial charge in [-0.25, -0.2) is 0 Å². The monoisotopic (exact) mass is 1290 g/mol. The molecular weight excluding hydrogens is 1230 g/mol. The molecule has 0 aromatic heterocycles. The van der Waals surface area contributed by atoms with E-state index < -0.39 is 0 Å². The van der Waals surface area contributed by atoms with Crippen LogP contribution < -0.4 is 0 Å². The minimum Gasteiger partial charge on any atom is -0.0622 e. The summed E-state index contributed by atoms with van der Waals surface area (Å²) in [7, 11) is 0. The van der Waals surface area contributed by atoms with Crippen LogP contribution in [0.1, 0.15) is 49.9 Å². The van der Waals surface area contributed by atoms with E-state index in [4.69, 9.17) is 0 Å². The lowest BCUT2D eigenvalue weighted by atomic mass is 9.78. The van der Waals surface area contributed by atoms with E-state index in [2.05, 4.69) is 380 Å². The Bertz CT molecular complexity index is 6490. The summed E-state index contributed by atoms with van der Waals surface area (Å²) in [6, 6.07) is 133. The molecule has 0 saturated carbocycles. The highest BCUT2D eigenvalue weighted by molar-refractivity contribution is 6.31. The minimum absolute atomic E-state index is 0.258. The summed E-state index contributed by atoms with van der Waals surface area (Å²) in [6.45, 7) is 9.75. The van der Waals surface area contributed by atoms with Crippen molar-refractivity contribution in [2.24, 2.45) is 0 Å². The summed E-state index contributed by atoms with van der Waals surface area (Å²) in [4.78, 5) is 0. The van der Waals surface area contributed by atoms with Gasteiger partial charge in [-0.05, 0) is 252 Å². The maximum atomic E-state index is 2.54. The van der Waals surface area contributed by atoms with E-state index in [9.17, 15) is 0 Å². The van der Waals surface area contributed by atoms with E-state index in [0.29, 0.717) is 0 Å². The minimum atomic E-state index is -0.293. The molecule has 0 heteroatoms. The topological polar surface area (TPSA) is 0 Å². The van der Waals surface area contributed by atoms with E-state index in [-0.39, 0.29) is 10.8 Å². The molecule has 18 aromatic carbocycles. The molecule has 0 amide bonds. The van der Waals surface area contributed by atoms with Crippen LogP contribution in [0.4, 0.5) is 0 Å². The normalized spacial score (nSPS) is 13.3. The van der Waals surface area contributed by atoms with Crippen molar-refractivity contribution < 1.29 is 0 Å². The second kappa shape index (κ2) is 23.0. The molecule has 0 spiro atoms. The predicted octanol–water partition coefficient (Wildman–Crippen LogP) is 28.2. The summed E-state index contributed by atoms with van der Waals surface area (Å²) in [5.41, 5.74) is 32.3. The van der Waals surface area contributed by atoms with E-state index in [1.54, 1.807) is 0 Å². The van der Waals surface area contributed by atoms with Gasteiger partial charge in [0.2, 0.25) is 0 Å². The third kappa shape index (κ3) is 9.15. The second-order valence-electron chi connectivity index (χ2n) is 29.3. The van der Waals surface area contributed by atoms with Gasteiger partial charge in [0.05, 0.1) is 0 Å². The van der Waals surface area contributed by atoms with Gasteiger partial charge in [0.25, 0.3) is 0 Å². The Morgan fingerprint density at radius 3 is 0.647 bits per heavy atom. The molecule has 0 unspecified atom stereocenters. The first kappa shape index (κ1) is 59.6. The number of fused-ring (bicyclic) bond motifs is 12. The van der Waals surface area contributed by atoms with Crippen molar-refractivity contribution in [1.82, 2.24) is 0 Å². The van der Waals surface area contributed by atoms with Crippen molar-refractivity contribution in [1.29, 1.82) is 0 Å². The fourth-order valence-corrected chi connectivity index (χ4v) is 18.1. The molecule has 0 N–H and O–H groups in total. The van der Waals surface area contributed by atoms with Gasteiger partial charge in [-0.15, -0.1) is 0 Å². The largest absolute Gasteiger partial charge is 0.0622 e. The van der Waals surface area contributed by atoms with Crippen molar-refractivity contribution in [3.05, 3.63) is 374 Å². The molecule has 0 heterocycles. The number of hydrogen-bond donors (Lipinski definition) is 0. The summed E-state index contributed by atoms with van der Waals surface area (Å²) in [6.07, 6.45) is 0. The number of benzene rings is 18. The third-order valence-corrected chi connectivity index (χ3v) is 23.0. The summed E-state index contributed by atoms with van der Waals surface area (Å²) < 4.78 is 0. The van der Waals surface area contributed by atoms with E-state index >= 15 is 0 Å². The molecule has 2 aliphatic rings. The molecule has 0 radical (unpaired) electrons. The third-order valence-electron chi connectivity index (χ3n) is 23.0. The second-order valence-corrected chi connectivity index (χ2v) is 29.3. The Kier molecular flexibility index (Phi) is 13.5. The highest BCUT2D eigenvalue weighted by atomic mass is 14.4. The van der Waals surface area contributed by atoms with Gasteiger partial charge < -0.3 is 0 Å². The van der Waals surface area contributed by atoms with E-state index in [0.717, 1.165) is 0 Å². The standard InChI is InChI=1S/C102H70/c1-101(2)91-59-71(42-49-75(91)77-51-47-73(61-93(77)101)97-80-37-21-20-36-79(80)95(66-32-16-8-17-33-66)88-56-68(44-53-85(88)97)63-26-10-5-11-27-63)72-43-50-76-78-52-48-74(62-94(78)102(3,4)92(76)60-72)98-82-39-23-25-41-84(82)100(90-58-70(45-54-86(90)98)65-30-14-7-15-31-65)99-83-40-24-22-38-81(83)96(67-34-18-9-19-35-67)89-57-69(46-55-87(89)99)64-28-12-6-13-29-64/h5-62H,1-4H3. The maximum Gasteiger partial charge on any atom is 0.0159 e. The lowest BCUT2D eigenvalue weighted by molar-refractivity contribution is 0.660. The van der Waals surface area contributed by atoms with E-state index in [1.165, 1.54) is 209 Å². The van der Waals surface area contributed by atoms with Gasteiger partial charge >= 0.3 is 0 Å². The first-order valence-corrected chi connectivity index (χ1v) is 36.0. The van der Waals surface area contributed by atoms with Crippen LogP contribution >= 0.6 is 0 Å². The zero-order chi connectivity index (χ0) is 68.0. The number of hydrogen-bond acceptors (Lipinski definition) is 0. The molecule has 0 atom stereocenters. The molecule has 0 bridgehead atoms. The van der Waals surface area contributed by atoms with Crippen molar-refractivity contribution >= 4 is 64.6 Å². The van der Waals surface area contributed by atoms with Gasteiger partial charge in [-0.2, -0.15) is 0 Å². The molecule has 0 fully saturated rings. The summed E-state index contributed by atoms with van der Waals surface area (Å²) in [5, 5.41) is 14.9. The van der Waals surface area contributed by atoms with Crippen LogP contribution in [-0.2, 0) is 10.8 Å².